The number of aliphatic hydroxyl groups is 4. The summed E-state index contributed by atoms with van der Waals surface area (Å²) in [5, 5.41) is 39.7. The summed E-state index contributed by atoms with van der Waals surface area (Å²) in [6.45, 7) is 21.4. The topological polar surface area (TPSA) is 250 Å². The molecule has 1 aliphatic heterocycles. The van der Waals surface area contributed by atoms with Gasteiger partial charge in [0.15, 0.2) is 5.78 Å². The maximum absolute atomic E-state index is 11.4. The smallest absolute Gasteiger partial charge is 1.00 e. The number of ketones is 1. The van der Waals surface area contributed by atoms with E-state index in [0.29, 0.717) is 12.1 Å². The summed E-state index contributed by atoms with van der Waals surface area (Å²) in [7, 11) is 0. The van der Waals surface area contributed by atoms with Crippen LogP contribution in [0, 0.1) is 55.4 Å². The van der Waals surface area contributed by atoms with Crippen molar-refractivity contribution >= 4 is 37.4 Å². The van der Waals surface area contributed by atoms with E-state index in [1.54, 1.807) is 31.6 Å². The number of hydrogen-bond donors (Lipinski definition) is 6. The Morgan fingerprint density at radius 3 is 1.20 bits per heavy atom. The number of Topliss-reactive ketones (excluding diaryl/α,β-unsaturated/α-hetero) is 1. The van der Waals surface area contributed by atoms with Gasteiger partial charge in [-0.05, 0) is 148 Å². The first kappa shape index (κ1) is 73.7. The summed E-state index contributed by atoms with van der Waals surface area (Å²) in [5.74, 6) is 3.57. The van der Waals surface area contributed by atoms with Gasteiger partial charge in [-0.25, -0.2) is 19.9 Å². The van der Waals surface area contributed by atoms with Crippen LogP contribution in [0.15, 0.2) is 122 Å². The van der Waals surface area contributed by atoms with Gasteiger partial charge >= 0.3 is 59.1 Å². The average molecular weight is 1150 g/mol. The first-order valence-electron chi connectivity index (χ1n) is 25.1. The zero-order valence-electron chi connectivity index (χ0n) is 49.2. The van der Waals surface area contributed by atoms with Crippen LogP contribution in [0.25, 0.3) is 23.3 Å². The number of aliphatic hydroxyl groups excluding tert-OH is 4. The van der Waals surface area contributed by atoms with Crippen molar-refractivity contribution in [1.82, 2.24) is 43.5 Å². The average Bonchev–Trinajstić information content (AvgIpc) is 3.90. The number of pyridine rings is 4. The van der Waals surface area contributed by atoms with Gasteiger partial charge < -0.3 is 61.4 Å². The number of rotatable bonds is 15. The van der Waals surface area contributed by atoms with Crippen molar-refractivity contribution in [3.05, 3.63) is 190 Å². The minimum atomic E-state index is -0.648. The number of hydrogen-bond acceptors (Lipinski definition) is 13. The van der Waals surface area contributed by atoms with Gasteiger partial charge in [0.05, 0.1) is 43.8 Å². The fourth-order valence-corrected chi connectivity index (χ4v) is 8.21. The molecule has 8 aromatic heterocycles. The fraction of sp³-hybridized carbons (Fsp3) is 0.362. The molecule has 0 aliphatic carbocycles. The molecular formula is C58H76BCl2N10Na2O7. The van der Waals surface area contributed by atoms with Gasteiger partial charge in [0.1, 0.15) is 29.4 Å². The Labute approximate surface area is 528 Å². The number of nitrogens with one attached hydrogen (secondary N) is 1. The van der Waals surface area contributed by atoms with Crippen LogP contribution in [0.1, 0.15) is 106 Å². The summed E-state index contributed by atoms with van der Waals surface area (Å²) in [5.41, 5.74) is 17.5. The molecule has 80 heavy (non-hydrogen) atoms. The van der Waals surface area contributed by atoms with Crippen LogP contribution >= 0.6 is 23.2 Å². The molecule has 0 bridgehead atoms. The van der Waals surface area contributed by atoms with Crippen molar-refractivity contribution in [2.24, 2.45) is 5.73 Å². The van der Waals surface area contributed by atoms with E-state index in [9.17, 15) is 15.0 Å². The van der Waals surface area contributed by atoms with Crippen LogP contribution in [-0.4, -0.2) is 129 Å². The molecule has 0 aromatic carbocycles. The van der Waals surface area contributed by atoms with Gasteiger partial charge in [-0.15, -0.1) is 23.2 Å². The van der Waals surface area contributed by atoms with Crippen LogP contribution in [0.5, 0.6) is 0 Å². The van der Waals surface area contributed by atoms with Crippen molar-refractivity contribution in [3.8, 4) is 23.3 Å². The molecule has 22 heteroatoms. The first-order chi connectivity index (χ1) is 36.3. The van der Waals surface area contributed by atoms with Crippen molar-refractivity contribution in [2.45, 2.75) is 99.6 Å². The van der Waals surface area contributed by atoms with E-state index >= 15 is 0 Å². The molecule has 1 fully saturated rings. The zero-order valence-corrected chi connectivity index (χ0v) is 53.7. The van der Waals surface area contributed by atoms with Gasteiger partial charge in [-0.2, -0.15) is 0 Å². The van der Waals surface area contributed by atoms with Crippen molar-refractivity contribution in [1.29, 1.82) is 0 Å². The molecule has 1 aliphatic rings. The quantitative estimate of drug-likeness (QED) is 0.0375. The number of ether oxygens (including phenoxy) is 1. The van der Waals surface area contributed by atoms with Crippen molar-refractivity contribution in [3.63, 3.8) is 0 Å². The largest absolute Gasteiger partial charge is 1.00 e. The molecule has 0 saturated carbocycles. The van der Waals surface area contributed by atoms with E-state index in [1.807, 2.05) is 102 Å². The summed E-state index contributed by atoms with van der Waals surface area (Å²) < 4.78 is 13.6. The van der Waals surface area contributed by atoms with Crippen LogP contribution in [0.2, 0.25) is 0 Å². The third-order valence-electron chi connectivity index (χ3n) is 12.3. The van der Waals surface area contributed by atoms with Gasteiger partial charge in [-0.3, -0.25) is 4.79 Å². The number of aryl methyl sites for hydroxylation is 8. The van der Waals surface area contributed by atoms with Gasteiger partial charge in [-0.1, -0.05) is 18.2 Å². The van der Waals surface area contributed by atoms with E-state index in [0.717, 1.165) is 75.2 Å². The summed E-state index contributed by atoms with van der Waals surface area (Å²) in [6.07, 6.45) is 5.85. The maximum atomic E-state index is 11.4. The van der Waals surface area contributed by atoms with E-state index in [-0.39, 0.29) is 123 Å². The second kappa shape index (κ2) is 36.3. The van der Waals surface area contributed by atoms with E-state index in [2.05, 4.69) is 101 Å². The number of carbonyl (C=O) groups is 1. The predicted molar refractivity (Wildman–Crippen MR) is 311 cm³/mol. The number of aromatic nitrogens is 8. The van der Waals surface area contributed by atoms with Crippen molar-refractivity contribution < 1.29 is 96.0 Å². The van der Waals surface area contributed by atoms with Crippen LogP contribution in [0.3, 0.4) is 0 Å². The molecule has 5 atom stereocenters. The molecule has 9 heterocycles. The normalized spacial score (nSPS) is 13.3. The third-order valence-corrected chi connectivity index (χ3v) is 12.9. The van der Waals surface area contributed by atoms with Crippen LogP contribution in [-0.2, 0) is 4.74 Å². The number of nitrogens with two attached hydrogens (primary N) is 1. The minimum absolute atomic E-state index is 0. The van der Waals surface area contributed by atoms with Gasteiger partial charge in [0.2, 0.25) is 0 Å². The second-order valence-electron chi connectivity index (χ2n) is 18.8. The Morgan fingerprint density at radius 1 is 0.600 bits per heavy atom. The summed E-state index contributed by atoms with van der Waals surface area (Å²) in [4.78, 5) is 28.9. The van der Waals surface area contributed by atoms with Crippen LogP contribution in [0.4, 0.5) is 0 Å². The Bertz CT molecular complexity index is 2970. The number of carbonyl (C=O) groups excluding carboxylic acids is 1. The molecule has 1 saturated heterocycles. The fourth-order valence-electron chi connectivity index (χ4n) is 7.88. The zero-order chi connectivity index (χ0) is 55.6. The Morgan fingerprint density at radius 2 is 0.938 bits per heavy atom. The molecule has 3 unspecified atom stereocenters. The number of nitrogens with zero attached hydrogens (tertiary/aromatic N) is 8. The van der Waals surface area contributed by atoms with Gasteiger partial charge in [0, 0.05) is 120 Å². The van der Waals surface area contributed by atoms with E-state index in [4.69, 9.17) is 43.9 Å². The molecule has 0 spiro atoms. The molecule has 9 rings (SSSR count). The standard InChI is InChI=1S/C16H23N3O2.C13H15ClN2O.C13H13ClN2O.C13H14N2O.C3H9NO.B.2Na.H2O.H/c1-11(10-20)17-9-15(21)14-6-7-16(18-8-14)19-12(2)4-5-13(19)3;2*1-9-3-4-10(2)16(9)13-6-5-11(8-15-13)12(17)7-14;1-9-3-4-10(2)15(9)13-6-5-11(7-14-13)12-8-16-12;1-3(4)2-5;;;;;/h4-8,11,15,17,20-21H,9-10H2,1-3H3;3-6,8,12,17H,7H2,1-2H3;3-6,8H,7H2,1-2H3;3-7,12H,8H2,1-2H3;3,5H,2,4H2,1H3;;;;1H2;/q;;;;;;2*+1;;-1/p-1/t11-,15?;;;;3-;;;;;/m0...0...../s1. The Balaban J connectivity index is 0.00000101. The number of epoxide rings is 1. The molecule has 17 nitrogen and oxygen atoms in total. The Hall–Kier alpha value is -4.29. The predicted octanol–water partition coefficient (Wildman–Crippen LogP) is 2.61. The summed E-state index contributed by atoms with van der Waals surface area (Å²) >= 11 is 11.1. The van der Waals surface area contributed by atoms with Crippen LogP contribution < -0.4 is 70.2 Å². The van der Waals surface area contributed by atoms with E-state index < -0.39 is 12.2 Å². The third kappa shape index (κ3) is 21.2. The molecule has 0 amide bonds. The molecule has 3 radical (unpaired) electrons. The minimum Gasteiger partial charge on any atom is -1.00 e. The summed E-state index contributed by atoms with van der Waals surface area (Å²) in [6, 6.07) is 31.7. The van der Waals surface area contributed by atoms with Gasteiger partial charge in [0.25, 0.3) is 0 Å². The maximum Gasteiger partial charge on any atom is 1.00 e. The van der Waals surface area contributed by atoms with E-state index in [1.165, 1.54) is 17.0 Å². The second-order valence-corrected chi connectivity index (χ2v) is 19.4. The molecule has 8 N–H and O–H groups in total. The molecular weight excluding hydrogens is 1080 g/mol. The molecule has 419 valence electrons. The monoisotopic (exact) mass is 1150 g/mol. The number of alkyl halides is 2. The van der Waals surface area contributed by atoms with Crippen molar-refractivity contribution in [2.75, 3.05) is 38.1 Å². The molecule has 8 aromatic rings. The number of halogens is 2. The SMILES string of the molecule is C[C@H](N)CO.Cc1ccc(C)n1-c1ccc(C(=O)CCl)cn1.Cc1ccc(C)n1-c1ccc(C(O)CCl)cn1.Cc1ccc(C)n1-c1ccc(C(O)CN[C@@H](C)CO)cn1.Cc1ccc(C)n1-c1ccc(C2CO2)cn1.[B].[H-].[Na+].[Na+].[OH-]. The Kier molecular flexibility index (Phi) is 33.5. The first-order valence-corrected chi connectivity index (χ1v) is 26.2.